The van der Waals surface area contributed by atoms with Crippen LogP contribution < -0.4 is 5.32 Å². The zero-order chi connectivity index (χ0) is 16.1. The topological polar surface area (TPSA) is 66.4 Å². The highest BCUT2D eigenvalue weighted by molar-refractivity contribution is 5.76. The Morgan fingerprint density at radius 1 is 1.18 bits per heavy atom. The van der Waals surface area contributed by atoms with Gasteiger partial charge in [0.15, 0.2) is 11.6 Å². The molecule has 1 aromatic carbocycles. The third-order valence-corrected chi connectivity index (χ3v) is 4.09. The van der Waals surface area contributed by atoms with Crippen molar-refractivity contribution in [2.45, 2.75) is 44.6 Å². The Kier molecular flexibility index (Phi) is 5.46. The quantitative estimate of drug-likeness (QED) is 0.878. The number of hydrogen-bond acceptors (Lipinski definition) is 2. The Labute approximate surface area is 127 Å². The Hall–Kier alpha value is -1.98. The van der Waals surface area contributed by atoms with E-state index in [1.807, 2.05) is 0 Å². The van der Waals surface area contributed by atoms with E-state index < -0.39 is 17.6 Å². The highest BCUT2D eigenvalue weighted by Gasteiger charge is 2.26. The van der Waals surface area contributed by atoms with Crippen LogP contribution in [0.4, 0.5) is 8.78 Å². The minimum atomic E-state index is -0.912. The summed E-state index contributed by atoms with van der Waals surface area (Å²) in [5.41, 5.74) is 0.185. The van der Waals surface area contributed by atoms with E-state index in [1.165, 1.54) is 12.1 Å². The molecule has 1 aliphatic rings. The van der Waals surface area contributed by atoms with Crippen molar-refractivity contribution < 1.29 is 23.5 Å². The lowest BCUT2D eigenvalue weighted by Gasteiger charge is -2.26. The molecule has 1 aliphatic carbocycles. The molecule has 1 amide bonds. The van der Waals surface area contributed by atoms with Crippen LogP contribution in [0.3, 0.4) is 0 Å². The van der Waals surface area contributed by atoms with Crippen LogP contribution in [0.25, 0.3) is 0 Å². The zero-order valence-electron chi connectivity index (χ0n) is 12.1. The van der Waals surface area contributed by atoms with E-state index in [1.54, 1.807) is 0 Å². The van der Waals surface area contributed by atoms with E-state index >= 15 is 0 Å². The van der Waals surface area contributed by atoms with Crippen LogP contribution >= 0.6 is 0 Å². The number of carboxylic acid groups (broad SMARTS) is 1. The summed E-state index contributed by atoms with van der Waals surface area (Å²) in [5.74, 6) is -3.15. The molecule has 0 saturated heterocycles. The lowest BCUT2D eigenvalue weighted by Crippen LogP contribution is -2.38. The molecule has 0 bridgehead atoms. The highest BCUT2D eigenvalue weighted by Crippen LogP contribution is 2.24. The molecule has 0 spiro atoms. The Morgan fingerprint density at radius 2 is 1.86 bits per heavy atom. The van der Waals surface area contributed by atoms with Crippen LogP contribution in [0, 0.1) is 17.6 Å². The first-order valence-corrected chi connectivity index (χ1v) is 7.42. The molecule has 0 aromatic heterocycles. The van der Waals surface area contributed by atoms with E-state index in [0.717, 1.165) is 6.07 Å². The third-order valence-electron chi connectivity index (χ3n) is 4.09. The SMILES string of the molecule is O=C(CCc1cccc(F)c1F)NC1CCC(C(=O)O)CC1. The summed E-state index contributed by atoms with van der Waals surface area (Å²) in [5, 5.41) is 11.7. The second-order valence-corrected chi connectivity index (χ2v) is 5.67. The van der Waals surface area contributed by atoms with Gasteiger partial charge in [-0.25, -0.2) is 8.78 Å². The first-order chi connectivity index (χ1) is 10.5. The number of aryl methyl sites for hydroxylation is 1. The maximum absolute atomic E-state index is 13.5. The third kappa shape index (κ3) is 4.26. The summed E-state index contributed by atoms with van der Waals surface area (Å²) in [6.45, 7) is 0. The van der Waals surface area contributed by atoms with E-state index in [-0.39, 0.29) is 36.3 Å². The van der Waals surface area contributed by atoms with Crippen LogP contribution in [0.2, 0.25) is 0 Å². The summed E-state index contributed by atoms with van der Waals surface area (Å²) < 4.78 is 26.5. The number of benzene rings is 1. The maximum Gasteiger partial charge on any atom is 0.306 e. The van der Waals surface area contributed by atoms with Gasteiger partial charge in [-0.3, -0.25) is 9.59 Å². The van der Waals surface area contributed by atoms with Gasteiger partial charge in [0, 0.05) is 12.5 Å². The molecule has 0 unspecified atom stereocenters. The first kappa shape index (κ1) is 16.4. The molecular formula is C16H19F2NO3. The fourth-order valence-corrected chi connectivity index (χ4v) is 2.77. The molecule has 1 saturated carbocycles. The summed E-state index contributed by atoms with van der Waals surface area (Å²) in [6, 6.07) is 3.89. The summed E-state index contributed by atoms with van der Waals surface area (Å²) in [7, 11) is 0. The molecule has 1 aromatic rings. The predicted octanol–water partition coefficient (Wildman–Crippen LogP) is 2.66. The number of aliphatic carboxylic acids is 1. The molecule has 6 heteroatoms. The number of carboxylic acids is 1. The van der Waals surface area contributed by atoms with Crippen molar-refractivity contribution in [1.82, 2.24) is 5.32 Å². The van der Waals surface area contributed by atoms with Crippen LogP contribution in [-0.2, 0) is 16.0 Å². The number of halogens is 2. The van der Waals surface area contributed by atoms with Gasteiger partial charge in [-0.1, -0.05) is 12.1 Å². The van der Waals surface area contributed by atoms with Crippen LogP contribution in [0.5, 0.6) is 0 Å². The van der Waals surface area contributed by atoms with E-state index in [9.17, 15) is 18.4 Å². The molecule has 4 nitrogen and oxygen atoms in total. The lowest BCUT2D eigenvalue weighted by molar-refractivity contribution is -0.142. The molecule has 2 N–H and O–H groups in total. The number of carbonyl (C=O) groups excluding carboxylic acids is 1. The second-order valence-electron chi connectivity index (χ2n) is 5.67. The van der Waals surface area contributed by atoms with E-state index in [2.05, 4.69) is 5.32 Å². The van der Waals surface area contributed by atoms with Crippen LogP contribution in [0.15, 0.2) is 18.2 Å². The van der Waals surface area contributed by atoms with Gasteiger partial charge in [0.25, 0.3) is 0 Å². The smallest absolute Gasteiger partial charge is 0.306 e. The minimum absolute atomic E-state index is 0.0274. The molecule has 0 atom stereocenters. The van der Waals surface area contributed by atoms with Crippen molar-refractivity contribution in [2.75, 3.05) is 0 Å². The van der Waals surface area contributed by atoms with Crippen LogP contribution in [-0.4, -0.2) is 23.0 Å². The average molecular weight is 311 g/mol. The summed E-state index contributed by atoms with van der Waals surface area (Å²) in [6.07, 6.45) is 2.60. The monoisotopic (exact) mass is 311 g/mol. The molecule has 0 aliphatic heterocycles. The van der Waals surface area contributed by atoms with Gasteiger partial charge < -0.3 is 10.4 Å². The normalized spacial score (nSPS) is 21.4. The first-order valence-electron chi connectivity index (χ1n) is 7.42. The van der Waals surface area contributed by atoms with Gasteiger partial charge in [0.05, 0.1) is 5.92 Å². The molecule has 22 heavy (non-hydrogen) atoms. The standard InChI is InChI=1S/C16H19F2NO3/c17-13-3-1-2-10(15(13)18)6-9-14(20)19-12-7-4-11(5-8-12)16(21)22/h1-3,11-12H,4-9H2,(H,19,20)(H,21,22). The van der Waals surface area contributed by atoms with Crippen molar-refractivity contribution in [1.29, 1.82) is 0 Å². The Balaban J connectivity index is 1.77. The van der Waals surface area contributed by atoms with Gasteiger partial charge in [0.1, 0.15) is 0 Å². The largest absolute Gasteiger partial charge is 0.481 e. The van der Waals surface area contributed by atoms with Crippen molar-refractivity contribution in [3.63, 3.8) is 0 Å². The van der Waals surface area contributed by atoms with Gasteiger partial charge in [-0.15, -0.1) is 0 Å². The average Bonchev–Trinajstić information content (AvgIpc) is 2.49. The van der Waals surface area contributed by atoms with E-state index in [0.29, 0.717) is 25.7 Å². The number of carbonyl (C=O) groups is 2. The van der Waals surface area contributed by atoms with Gasteiger partial charge >= 0.3 is 5.97 Å². The second kappa shape index (κ2) is 7.33. The maximum atomic E-state index is 13.5. The van der Waals surface area contributed by atoms with Gasteiger partial charge in [-0.2, -0.15) is 0 Å². The van der Waals surface area contributed by atoms with Crippen molar-refractivity contribution in [3.8, 4) is 0 Å². The predicted molar refractivity (Wildman–Crippen MR) is 76.2 cm³/mol. The molecule has 0 radical (unpaired) electrons. The van der Waals surface area contributed by atoms with Crippen LogP contribution in [0.1, 0.15) is 37.7 Å². The highest BCUT2D eigenvalue weighted by atomic mass is 19.2. The molecule has 120 valence electrons. The van der Waals surface area contributed by atoms with Gasteiger partial charge in [-0.05, 0) is 43.7 Å². The lowest BCUT2D eigenvalue weighted by atomic mass is 9.86. The Bertz CT molecular complexity index is 554. The molecule has 0 heterocycles. The van der Waals surface area contributed by atoms with Crippen molar-refractivity contribution >= 4 is 11.9 Å². The fraction of sp³-hybridized carbons (Fsp3) is 0.500. The summed E-state index contributed by atoms with van der Waals surface area (Å²) >= 11 is 0. The molecule has 2 rings (SSSR count). The van der Waals surface area contributed by atoms with Gasteiger partial charge in [0.2, 0.25) is 5.91 Å². The minimum Gasteiger partial charge on any atom is -0.481 e. The number of nitrogens with one attached hydrogen (secondary N) is 1. The van der Waals surface area contributed by atoms with E-state index in [4.69, 9.17) is 5.11 Å². The number of hydrogen-bond donors (Lipinski definition) is 2. The number of rotatable bonds is 5. The molecule has 1 fully saturated rings. The summed E-state index contributed by atoms with van der Waals surface area (Å²) in [4.78, 5) is 22.7. The molecular weight excluding hydrogens is 292 g/mol. The zero-order valence-corrected chi connectivity index (χ0v) is 12.1. The Morgan fingerprint density at radius 3 is 2.50 bits per heavy atom. The fourth-order valence-electron chi connectivity index (χ4n) is 2.77. The van der Waals surface area contributed by atoms with Crippen molar-refractivity contribution in [2.24, 2.45) is 5.92 Å². The number of amides is 1. The van der Waals surface area contributed by atoms with Crippen molar-refractivity contribution in [3.05, 3.63) is 35.4 Å².